The smallest absolute Gasteiger partial charge is 0.224 e. The molecule has 1 aliphatic rings. The average molecular weight is 216 g/mol. The SMILES string of the molecule is O=C(Cc1ccc2ncoc2c1)NC1CC1. The third-order valence-corrected chi connectivity index (χ3v) is 2.70. The lowest BCUT2D eigenvalue weighted by Gasteiger charge is -2.02. The van der Waals surface area contributed by atoms with Crippen LogP contribution in [-0.4, -0.2) is 16.9 Å². The van der Waals surface area contributed by atoms with E-state index in [0.717, 1.165) is 29.5 Å². The monoisotopic (exact) mass is 216 g/mol. The first-order valence-electron chi connectivity index (χ1n) is 5.43. The largest absolute Gasteiger partial charge is 0.443 e. The average Bonchev–Trinajstić information content (AvgIpc) is 2.95. The summed E-state index contributed by atoms with van der Waals surface area (Å²) in [5, 5.41) is 2.96. The number of carbonyl (C=O) groups excluding carboxylic acids is 1. The van der Waals surface area contributed by atoms with Crippen molar-refractivity contribution in [2.45, 2.75) is 25.3 Å². The van der Waals surface area contributed by atoms with Gasteiger partial charge in [-0.1, -0.05) is 6.07 Å². The zero-order valence-corrected chi connectivity index (χ0v) is 8.77. The van der Waals surface area contributed by atoms with Crippen molar-refractivity contribution in [1.29, 1.82) is 0 Å². The molecule has 1 amide bonds. The van der Waals surface area contributed by atoms with Crippen LogP contribution in [0.15, 0.2) is 29.0 Å². The maximum atomic E-state index is 11.6. The molecular formula is C12H12N2O2. The van der Waals surface area contributed by atoms with E-state index in [4.69, 9.17) is 4.42 Å². The number of aromatic nitrogens is 1. The minimum absolute atomic E-state index is 0.0846. The Balaban J connectivity index is 1.74. The minimum Gasteiger partial charge on any atom is -0.443 e. The molecule has 0 aliphatic heterocycles. The molecule has 1 aromatic carbocycles. The first kappa shape index (κ1) is 9.39. The topological polar surface area (TPSA) is 55.1 Å². The molecule has 1 aliphatic carbocycles. The molecule has 1 fully saturated rings. The van der Waals surface area contributed by atoms with Crippen LogP contribution in [0.25, 0.3) is 11.1 Å². The van der Waals surface area contributed by atoms with Gasteiger partial charge in [-0.25, -0.2) is 4.98 Å². The Morgan fingerprint density at radius 2 is 2.38 bits per heavy atom. The predicted molar refractivity (Wildman–Crippen MR) is 58.9 cm³/mol. The van der Waals surface area contributed by atoms with Crippen LogP contribution in [-0.2, 0) is 11.2 Å². The van der Waals surface area contributed by atoms with Gasteiger partial charge in [0.1, 0.15) is 5.52 Å². The molecule has 0 radical (unpaired) electrons. The fourth-order valence-electron chi connectivity index (χ4n) is 1.70. The van der Waals surface area contributed by atoms with Gasteiger partial charge < -0.3 is 9.73 Å². The zero-order chi connectivity index (χ0) is 11.0. The highest BCUT2D eigenvalue weighted by atomic mass is 16.3. The normalized spacial score (nSPS) is 15.2. The highest BCUT2D eigenvalue weighted by molar-refractivity contribution is 5.81. The van der Waals surface area contributed by atoms with E-state index >= 15 is 0 Å². The molecule has 4 heteroatoms. The van der Waals surface area contributed by atoms with E-state index in [1.807, 2.05) is 18.2 Å². The van der Waals surface area contributed by atoms with E-state index in [9.17, 15) is 4.79 Å². The van der Waals surface area contributed by atoms with E-state index in [2.05, 4.69) is 10.3 Å². The molecule has 1 heterocycles. The molecule has 1 N–H and O–H groups in total. The van der Waals surface area contributed by atoms with Crippen LogP contribution in [0.4, 0.5) is 0 Å². The second-order valence-corrected chi connectivity index (χ2v) is 4.17. The number of rotatable bonds is 3. The van der Waals surface area contributed by atoms with Crippen LogP contribution in [0.3, 0.4) is 0 Å². The number of carbonyl (C=O) groups is 1. The van der Waals surface area contributed by atoms with Crippen molar-refractivity contribution in [2.24, 2.45) is 0 Å². The van der Waals surface area contributed by atoms with Gasteiger partial charge in [0.05, 0.1) is 6.42 Å². The summed E-state index contributed by atoms with van der Waals surface area (Å²) in [6.07, 6.45) is 4.06. The van der Waals surface area contributed by atoms with Crippen LogP contribution in [0.1, 0.15) is 18.4 Å². The van der Waals surface area contributed by atoms with Crippen LogP contribution in [0.5, 0.6) is 0 Å². The highest BCUT2D eigenvalue weighted by Crippen LogP contribution is 2.19. The molecule has 0 spiro atoms. The summed E-state index contributed by atoms with van der Waals surface area (Å²) in [4.78, 5) is 15.6. The van der Waals surface area contributed by atoms with Crippen molar-refractivity contribution in [3.8, 4) is 0 Å². The summed E-state index contributed by atoms with van der Waals surface area (Å²) < 4.78 is 5.19. The van der Waals surface area contributed by atoms with Gasteiger partial charge in [-0.3, -0.25) is 4.79 Å². The lowest BCUT2D eigenvalue weighted by Crippen LogP contribution is -2.26. The molecular weight excluding hydrogens is 204 g/mol. The second-order valence-electron chi connectivity index (χ2n) is 4.17. The van der Waals surface area contributed by atoms with Crippen molar-refractivity contribution in [1.82, 2.24) is 10.3 Å². The second kappa shape index (κ2) is 3.63. The molecule has 1 saturated carbocycles. The molecule has 0 saturated heterocycles. The lowest BCUT2D eigenvalue weighted by atomic mass is 10.1. The molecule has 82 valence electrons. The van der Waals surface area contributed by atoms with Gasteiger partial charge >= 0.3 is 0 Å². The number of nitrogens with one attached hydrogen (secondary N) is 1. The third-order valence-electron chi connectivity index (χ3n) is 2.70. The van der Waals surface area contributed by atoms with Crippen LogP contribution in [0, 0.1) is 0 Å². The Labute approximate surface area is 92.7 Å². The predicted octanol–water partition coefficient (Wildman–Crippen LogP) is 1.65. The summed E-state index contributed by atoms with van der Waals surface area (Å²) in [5.74, 6) is 0.0846. The summed E-state index contributed by atoms with van der Waals surface area (Å²) >= 11 is 0. The Hall–Kier alpha value is -1.84. The Morgan fingerprint density at radius 3 is 3.19 bits per heavy atom. The van der Waals surface area contributed by atoms with Gasteiger partial charge in [0.2, 0.25) is 5.91 Å². The van der Waals surface area contributed by atoms with Crippen molar-refractivity contribution in [2.75, 3.05) is 0 Å². The van der Waals surface area contributed by atoms with Gasteiger partial charge in [-0.05, 0) is 30.5 Å². The number of nitrogens with zero attached hydrogens (tertiary/aromatic N) is 1. The van der Waals surface area contributed by atoms with Crippen molar-refractivity contribution >= 4 is 17.0 Å². The Morgan fingerprint density at radius 1 is 1.50 bits per heavy atom. The van der Waals surface area contributed by atoms with Gasteiger partial charge in [0, 0.05) is 6.04 Å². The summed E-state index contributed by atoms with van der Waals surface area (Å²) in [6, 6.07) is 6.08. The molecule has 0 atom stereocenters. The number of fused-ring (bicyclic) bond motifs is 1. The van der Waals surface area contributed by atoms with E-state index in [1.165, 1.54) is 6.39 Å². The number of amides is 1. The molecule has 0 unspecified atom stereocenters. The van der Waals surface area contributed by atoms with E-state index < -0.39 is 0 Å². The molecule has 2 aromatic rings. The van der Waals surface area contributed by atoms with Gasteiger partial charge in [0.25, 0.3) is 0 Å². The Kier molecular flexibility index (Phi) is 2.13. The third kappa shape index (κ3) is 1.91. The minimum atomic E-state index is 0.0846. The molecule has 4 nitrogen and oxygen atoms in total. The molecule has 3 rings (SSSR count). The highest BCUT2D eigenvalue weighted by Gasteiger charge is 2.23. The maximum absolute atomic E-state index is 11.6. The van der Waals surface area contributed by atoms with Crippen molar-refractivity contribution < 1.29 is 9.21 Å². The number of hydrogen-bond acceptors (Lipinski definition) is 3. The molecule has 16 heavy (non-hydrogen) atoms. The first-order valence-corrected chi connectivity index (χ1v) is 5.43. The quantitative estimate of drug-likeness (QED) is 0.848. The summed E-state index contributed by atoms with van der Waals surface area (Å²) in [6.45, 7) is 0. The lowest BCUT2D eigenvalue weighted by molar-refractivity contribution is -0.120. The van der Waals surface area contributed by atoms with Crippen LogP contribution < -0.4 is 5.32 Å². The van der Waals surface area contributed by atoms with Crippen LogP contribution in [0.2, 0.25) is 0 Å². The zero-order valence-electron chi connectivity index (χ0n) is 8.77. The van der Waals surface area contributed by atoms with E-state index in [0.29, 0.717) is 12.5 Å². The first-order chi connectivity index (χ1) is 7.81. The fourth-order valence-corrected chi connectivity index (χ4v) is 1.70. The fraction of sp³-hybridized carbons (Fsp3) is 0.333. The molecule has 0 bridgehead atoms. The van der Waals surface area contributed by atoms with Crippen molar-refractivity contribution in [3.05, 3.63) is 30.2 Å². The van der Waals surface area contributed by atoms with Gasteiger partial charge in [-0.15, -0.1) is 0 Å². The molecule has 1 aromatic heterocycles. The van der Waals surface area contributed by atoms with Crippen molar-refractivity contribution in [3.63, 3.8) is 0 Å². The van der Waals surface area contributed by atoms with E-state index in [-0.39, 0.29) is 5.91 Å². The summed E-state index contributed by atoms with van der Waals surface area (Å²) in [5.41, 5.74) is 2.52. The Bertz CT molecular complexity index is 529. The van der Waals surface area contributed by atoms with Crippen LogP contribution >= 0.6 is 0 Å². The number of oxazole rings is 1. The maximum Gasteiger partial charge on any atom is 0.224 e. The summed E-state index contributed by atoms with van der Waals surface area (Å²) in [7, 11) is 0. The van der Waals surface area contributed by atoms with Gasteiger partial charge in [-0.2, -0.15) is 0 Å². The number of hydrogen-bond donors (Lipinski definition) is 1. The standard InChI is InChI=1S/C12H12N2O2/c15-12(14-9-2-3-9)6-8-1-4-10-11(5-8)16-7-13-10/h1,4-5,7,9H,2-3,6H2,(H,14,15). The number of benzene rings is 1. The van der Waals surface area contributed by atoms with Gasteiger partial charge in [0.15, 0.2) is 12.0 Å². The van der Waals surface area contributed by atoms with E-state index in [1.54, 1.807) is 0 Å².